The van der Waals surface area contributed by atoms with E-state index in [2.05, 4.69) is 26.7 Å². The Balaban J connectivity index is 2.44. The molecule has 84 valence electrons. The standard InChI is InChI=1S/C11H10BrClN2S/c12-10-2-1-8(13)5-9(10)11(15-14)7-3-4-16-6-7/h1-6,11,15H,14H2. The molecule has 1 atom stereocenters. The van der Waals surface area contributed by atoms with Crippen molar-refractivity contribution in [3.8, 4) is 0 Å². The molecule has 0 saturated carbocycles. The van der Waals surface area contributed by atoms with E-state index in [0.29, 0.717) is 5.02 Å². The minimum absolute atomic E-state index is 0.0423. The maximum absolute atomic E-state index is 5.99. The fourth-order valence-corrected chi connectivity index (χ4v) is 2.88. The topological polar surface area (TPSA) is 38.0 Å². The van der Waals surface area contributed by atoms with E-state index >= 15 is 0 Å². The number of nitrogens with one attached hydrogen (secondary N) is 1. The molecule has 0 spiro atoms. The van der Waals surface area contributed by atoms with E-state index in [1.807, 2.05) is 29.6 Å². The van der Waals surface area contributed by atoms with Crippen molar-refractivity contribution in [1.82, 2.24) is 5.43 Å². The molecule has 3 N–H and O–H groups in total. The highest BCUT2D eigenvalue weighted by atomic mass is 79.9. The monoisotopic (exact) mass is 316 g/mol. The number of rotatable bonds is 3. The molecule has 1 aromatic carbocycles. The first-order valence-corrected chi connectivity index (χ1v) is 6.77. The molecule has 0 radical (unpaired) electrons. The van der Waals surface area contributed by atoms with Crippen molar-refractivity contribution < 1.29 is 0 Å². The highest BCUT2D eigenvalue weighted by Crippen LogP contribution is 2.31. The molecular formula is C11H10BrClN2S. The van der Waals surface area contributed by atoms with Crippen LogP contribution in [0.5, 0.6) is 0 Å². The van der Waals surface area contributed by atoms with Gasteiger partial charge < -0.3 is 0 Å². The van der Waals surface area contributed by atoms with Gasteiger partial charge in [-0.15, -0.1) is 0 Å². The summed E-state index contributed by atoms with van der Waals surface area (Å²) >= 11 is 11.1. The van der Waals surface area contributed by atoms with Crippen molar-refractivity contribution in [3.05, 3.63) is 55.6 Å². The largest absolute Gasteiger partial charge is 0.271 e. The van der Waals surface area contributed by atoms with Gasteiger partial charge >= 0.3 is 0 Å². The summed E-state index contributed by atoms with van der Waals surface area (Å²) in [6.45, 7) is 0. The number of hydrogen-bond donors (Lipinski definition) is 2. The van der Waals surface area contributed by atoms with Gasteiger partial charge in [0.25, 0.3) is 0 Å². The Labute approximate surface area is 112 Å². The van der Waals surface area contributed by atoms with Crippen LogP contribution in [0, 0.1) is 0 Å². The van der Waals surface area contributed by atoms with Crippen LogP contribution in [-0.2, 0) is 0 Å². The lowest BCUT2D eigenvalue weighted by Gasteiger charge is -2.17. The minimum Gasteiger partial charge on any atom is -0.271 e. The molecule has 0 amide bonds. The molecule has 2 rings (SSSR count). The maximum atomic E-state index is 5.99. The summed E-state index contributed by atoms with van der Waals surface area (Å²) in [5.74, 6) is 5.61. The van der Waals surface area contributed by atoms with Crippen LogP contribution in [0.1, 0.15) is 17.2 Å². The van der Waals surface area contributed by atoms with Gasteiger partial charge in [0, 0.05) is 9.50 Å². The summed E-state index contributed by atoms with van der Waals surface area (Å²) in [6, 6.07) is 7.68. The number of halogens is 2. The van der Waals surface area contributed by atoms with Crippen LogP contribution in [0.2, 0.25) is 5.02 Å². The number of hydrogen-bond acceptors (Lipinski definition) is 3. The molecular weight excluding hydrogens is 308 g/mol. The fourth-order valence-electron chi connectivity index (χ4n) is 1.54. The first-order valence-electron chi connectivity index (χ1n) is 4.65. The number of hydrazine groups is 1. The quantitative estimate of drug-likeness (QED) is 0.669. The Morgan fingerprint density at radius 2 is 2.19 bits per heavy atom. The van der Waals surface area contributed by atoms with Crippen molar-refractivity contribution in [2.75, 3.05) is 0 Å². The highest BCUT2D eigenvalue weighted by Gasteiger charge is 2.15. The third-order valence-electron chi connectivity index (χ3n) is 2.31. The minimum atomic E-state index is -0.0423. The molecule has 0 fully saturated rings. The molecule has 1 heterocycles. The Morgan fingerprint density at radius 1 is 1.38 bits per heavy atom. The molecule has 0 bridgehead atoms. The summed E-state index contributed by atoms with van der Waals surface area (Å²) in [7, 11) is 0. The van der Waals surface area contributed by atoms with Crippen LogP contribution < -0.4 is 11.3 Å². The van der Waals surface area contributed by atoms with Gasteiger partial charge in [0.2, 0.25) is 0 Å². The fraction of sp³-hybridized carbons (Fsp3) is 0.0909. The lowest BCUT2D eigenvalue weighted by Crippen LogP contribution is -2.28. The molecule has 0 aliphatic carbocycles. The van der Waals surface area contributed by atoms with E-state index in [9.17, 15) is 0 Å². The highest BCUT2D eigenvalue weighted by molar-refractivity contribution is 9.10. The summed E-state index contributed by atoms with van der Waals surface area (Å²) in [5.41, 5.74) is 4.98. The predicted octanol–water partition coefficient (Wildman–Crippen LogP) is 3.72. The smallest absolute Gasteiger partial charge is 0.0729 e. The summed E-state index contributed by atoms with van der Waals surface area (Å²) in [5, 5.41) is 4.80. The molecule has 0 aliphatic heterocycles. The number of nitrogens with two attached hydrogens (primary N) is 1. The predicted molar refractivity (Wildman–Crippen MR) is 72.6 cm³/mol. The molecule has 16 heavy (non-hydrogen) atoms. The van der Waals surface area contributed by atoms with Crippen molar-refractivity contribution in [2.24, 2.45) is 5.84 Å². The van der Waals surface area contributed by atoms with Crippen LogP contribution in [0.15, 0.2) is 39.5 Å². The van der Waals surface area contributed by atoms with Gasteiger partial charge in [0.15, 0.2) is 0 Å². The first kappa shape index (κ1) is 12.1. The Morgan fingerprint density at radius 3 is 2.81 bits per heavy atom. The molecule has 2 aromatic rings. The Kier molecular flexibility index (Phi) is 4.00. The molecule has 1 aromatic heterocycles. The van der Waals surface area contributed by atoms with Gasteiger partial charge in [0.1, 0.15) is 0 Å². The second-order valence-electron chi connectivity index (χ2n) is 3.32. The van der Waals surface area contributed by atoms with Crippen molar-refractivity contribution in [2.45, 2.75) is 6.04 Å². The second kappa shape index (κ2) is 5.29. The molecule has 2 nitrogen and oxygen atoms in total. The van der Waals surface area contributed by atoms with Gasteiger partial charge in [-0.05, 0) is 46.2 Å². The van der Waals surface area contributed by atoms with E-state index in [4.69, 9.17) is 17.4 Å². The number of thiophene rings is 1. The third kappa shape index (κ3) is 2.47. The maximum Gasteiger partial charge on any atom is 0.0729 e. The van der Waals surface area contributed by atoms with Crippen LogP contribution in [0.4, 0.5) is 0 Å². The van der Waals surface area contributed by atoms with Gasteiger partial charge in [-0.1, -0.05) is 27.5 Å². The number of benzene rings is 1. The summed E-state index contributed by atoms with van der Waals surface area (Å²) < 4.78 is 0.992. The lowest BCUT2D eigenvalue weighted by molar-refractivity contribution is 0.636. The molecule has 5 heteroatoms. The lowest BCUT2D eigenvalue weighted by atomic mass is 10.0. The van der Waals surface area contributed by atoms with E-state index in [1.54, 1.807) is 11.3 Å². The first-order chi connectivity index (χ1) is 7.72. The molecule has 0 aliphatic rings. The van der Waals surface area contributed by atoms with Gasteiger partial charge in [-0.2, -0.15) is 11.3 Å². The molecule has 0 saturated heterocycles. The summed E-state index contributed by atoms with van der Waals surface area (Å²) in [4.78, 5) is 0. The van der Waals surface area contributed by atoms with E-state index < -0.39 is 0 Å². The van der Waals surface area contributed by atoms with Crippen LogP contribution >= 0.6 is 38.9 Å². The van der Waals surface area contributed by atoms with Gasteiger partial charge in [-0.3, -0.25) is 5.84 Å². The van der Waals surface area contributed by atoms with E-state index in [-0.39, 0.29) is 6.04 Å². The SMILES string of the molecule is NNC(c1ccsc1)c1cc(Cl)ccc1Br. The van der Waals surface area contributed by atoms with Crippen LogP contribution in [0.25, 0.3) is 0 Å². The van der Waals surface area contributed by atoms with Crippen LogP contribution in [-0.4, -0.2) is 0 Å². The van der Waals surface area contributed by atoms with Gasteiger partial charge in [-0.25, -0.2) is 5.43 Å². The van der Waals surface area contributed by atoms with E-state index in [0.717, 1.165) is 15.6 Å². The van der Waals surface area contributed by atoms with Crippen molar-refractivity contribution in [1.29, 1.82) is 0 Å². The van der Waals surface area contributed by atoms with E-state index in [1.165, 1.54) is 0 Å². The van der Waals surface area contributed by atoms with Crippen LogP contribution in [0.3, 0.4) is 0 Å². The zero-order valence-electron chi connectivity index (χ0n) is 8.28. The zero-order chi connectivity index (χ0) is 11.5. The Hall–Kier alpha value is -0.390. The average molecular weight is 318 g/mol. The Bertz CT molecular complexity index is 473. The third-order valence-corrected chi connectivity index (χ3v) is 3.97. The normalized spacial score (nSPS) is 12.7. The zero-order valence-corrected chi connectivity index (χ0v) is 11.4. The summed E-state index contributed by atoms with van der Waals surface area (Å²) in [6.07, 6.45) is 0. The van der Waals surface area contributed by atoms with Gasteiger partial charge in [0.05, 0.1) is 6.04 Å². The average Bonchev–Trinajstić information content (AvgIpc) is 2.78. The second-order valence-corrected chi connectivity index (χ2v) is 5.39. The molecule has 1 unspecified atom stereocenters. The van der Waals surface area contributed by atoms with Crippen molar-refractivity contribution in [3.63, 3.8) is 0 Å². The van der Waals surface area contributed by atoms with Crippen molar-refractivity contribution >= 4 is 38.9 Å².